The number of ether oxygens (including phenoxy) is 1. The molecular formula is C14H12ClNO. The van der Waals surface area contributed by atoms with Crippen molar-refractivity contribution in [2.45, 2.75) is 18.9 Å². The average molecular weight is 246 g/mol. The summed E-state index contributed by atoms with van der Waals surface area (Å²) in [5.41, 5.74) is 2.19. The van der Waals surface area contributed by atoms with Crippen molar-refractivity contribution >= 4 is 11.6 Å². The van der Waals surface area contributed by atoms with E-state index in [1.54, 1.807) is 12.4 Å². The van der Waals surface area contributed by atoms with Gasteiger partial charge in [-0.05, 0) is 48.2 Å². The molecule has 1 aromatic carbocycles. The van der Waals surface area contributed by atoms with Gasteiger partial charge in [-0.1, -0.05) is 17.7 Å². The van der Waals surface area contributed by atoms with E-state index in [1.807, 2.05) is 30.3 Å². The summed E-state index contributed by atoms with van der Waals surface area (Å²) in [6, 6.07) is 9.84. The van der Waals surface area contributed by atoms with Crippen LogP contribution in [0.15, 0.2) is 42.7 Å². The molecule has 0 atom stereocenters. The third-order valence-electron chi connectivity index (χ3n) is 2.76. The van der Waals surface area contributed by atoms with Crippen molar-refractivity contribution < 1.29 is 4.74 Å². The maximum absolute atomic E-state index is 6.21. The summed E-state index contributed by atoms with van der Waals surface area (Å²) in [6.07, 6.45) is 6.21. The van der Waals surface area contributed by atoms with Crippen molar-refractivity contribution in [3.05, 3.63) is 47.7 Å². The Morgan fingerprint density at radius 2 is 1.82 bits per heavy atom. The first-order chi connectivity index (χ1) is 8.33. The molecule has 2 nitrogen and oxygen atoms in total. The fourth-order valence-electron chi connectivity index (χ4n) is 1.69. The van der Waals surface area contributed by atoms with Gasteiger partial charge in [0.05, 0.1) is 11.1 Å². The van der Waals surface area contributed by atoms with Gasteiger partial charge in [0.1, 0.15) is 5.75 Å². The van der Waals surface area contributed by atoms with E-state index in [4.69, 9.17) is 16.3 Å². The first-order valence-corrected chi connectivity index (χ1v) is 6.07. The molecule has 3 heteroatoms. The molecule has 1 fully saturated rings. The van der Waals surface area contributed by atoms with Crippen LogP contribution < -0.4 is 4.74 Å². The Labute approximate surface area is 105 Å². The lowest BCUT2D eigenvalue weighted by atomic mass is 10.1. The van der Waals surface area contributed by atoms with E-state index in [1.165, 1.54) is 0 Å². The third-order valence-corrected chi connectivity index (χ3v) is 3.06. The first-order valence-electron chi connectivity index (χ1n) is 5.69. The molecule has 2 aromatic rings. The van der Waals surface area contributed by atoms with Crippen LogP contribution in [-0.2, 0) is 0 Å². The van der Waals surface area contributed by atoms with Crippen LogP contribution in [0.2, 0.25) is 5.02 Å². The van der Waals surface area contributed by atoms with Crippen LogP contribution in [0, 0.1) is 0 Å². The molecule has 1 heterocycles. The molecule has 1 aromatic heterocycles. The third kappa shape index (κ3) is 2.42. The Hall–Kier alpha value is -1.54. The smallest absolute Gasteiger partial charge is 0.138 e. The second-order valence-electron chi connectivity index (χ2n) is 4.20. The Balaban J connectivity index is 1.89. The number of aromatic nitrogens is 1. The highest BCUT2D eigenvalue weighted by Crippen LogP contribution is 2.34. The van der Waals surface area contributed by atoms with Gasteiger partial charge in [-0.3, -0.25) is 4.98 Å². The first kappa shape index (κ1) is 10.6. The molecule has 86 valence electrons. The van der Waals surface area contributed by atoms with E-state index in [-0.39, 0.29) is 0 Å². The number of halogens is 1. The molecule has 0 radical (unpaired) electrons. The fraction of sp³-hybridized carbons (Fsp3) is 0.214. The summed E-state index contributed by atoms with van der Waals surface area (Å²) in [7, 11) is 0. The predicted molar refractivity (Wildman–Crippen MR) is 68.3 cm³/mol. The summed E-state index contributed by atoms with van der Waals surface area (Å²) in [5, 5.41) is 0.672. The molecule has 0 bridgehead atoms. The highest BCUT2D eigenvalue weighted by Gasteiger charge is 2.24. The van der Waals surface area contributed by atoms with Crippen molar-refractivity contribution in [2.75, 3.05) is 0 Å². The minimum absolute atomic E-state index is 0.374. The largest absolute Gasteiger partial charge is 0.489 e. The zero-order chi connectivity index (χ0) is 11.7. The zero-order valence-corrected chi connectivity index (χ0v) is 10.0. The number of benzene rings is 1. The van der Waals surface area contributed by atoms with Gasteiger partial charge < -0.3 is 4.74 Å². The number of rotatable bonds is 3. The van der Waals surface area contributed by atoms with Gasteiger partial charge in [-0.15, -0.1) is 0 Å². The summed E-state index contributed by atoms with van der Waals surface area (Å²) in [4.78, 5) is 4.00. The van der Waals surface area contributed by atoms with Crippen LogP contribution in [0.5, 0.6) is 5.75 Å². The van der Waals surface area contributed by atoms with Gasteiger partial charge >= 0.3 is 0 Å². The van der Waals surface area contributed by atoms with Crippen molar-refractivity contribution in [3.8, 4) is 16.9 Å². The van der Waals surface area contributed by atoms with Gasteiger partial charge in [0.2, 0.25) is 0 Å². The fourth-order valence-corrected chi connectivity index (χ4v) is 1.91. The Kier molecular flexibility index (Phi) is 2.73. The van der Waals surface area contributed by atoms with Crippen molar-refractivity contribution in [2.24, 2.45) is 0 Å². The average Bonchev–Trinajstić information content (AvgIpc) is 3.17. The Bertz CT molecular complexity index is 523. The molecular weight excluding hydrogens is 234 g/mol. The van der Waals surface area contributed by atoms with E-state index in [0.29, 0.717) is 11.1 Å². The summed E-state index contributed by atoms with van der Waals surface area (Å²) in [5.74, 6) is 0.784. The standard InChI is InChI=1S/C14H12ClNO/c15-13-9-11(10-5-7-16-8-6-10)1-4-14(13)17-12-2-3-12/h1,4-9,12H,2-3H2. The van der Waals surface area contributed by atoms with Crippen molar-refractivity contribution in [1.29, 1.82) is 0 Å². The van der Waals surface area contributed by atoms with Crippen LogP contribution in [0.25, 0.3) is 11.1 Å². The molecule has 1 saturated carbocycles. The Morgan fingerprint density at radius 1 is 1.06 bits per heavy atom. The van der Waals surface area contributed by atoms with E-state index in [0.717, 1.165) is 29.7 Å². The second kappa shape index (κ2) is 4.38. The lowest BCUT2D eigenvalue weighted by molar-refractivity contribution is 0.303. The monoisotopic (exact) mass is 245 g/mol. The second-order valence-corrected chi connectivity index (χ2v) is 4.61. The molecule has 0 unspecified atom stereocenters. The number of pyridine rings is 1. The SMILES string of the molecule is Clc1cc(-c2ccncc2)ccc1OC1CC1. The molecule has 0 saturated heterocycles. The topological polar surface area (TPSA) is 22.1 Å². The highest BCUT2D eigenvalue weighted by atomic mass is 35.5. The van der Waals surface area contributed by atoms with E-state index >= 15 is 0 Å². The number of hydrogen-bond acceptors (Lipinski definition) is 2. The minimum Gasteiger partial charge on any atom is -0.489 e. The molecule has 1 aliphatic carbocycles. The molecule has 17 heavy (non-hydrogen) atoms. The predicted octanol–water partition coefficient (Wildman–Crippen LogP) is 3.94. The summed E-state index contributed by atoms with van der Waals surface area (Å²) < 4.78 is 5.70. The van der Waals surface area contributed by atoms with Crippen LogP contribution >= 0.6 is 11.6 Å². The van der Waals surface area contributed by atoms with Crippen LogP contribution in [0.3, 0.4) is 0 Å². The Morgan fingerprint density at radius 3 is 2.47 bits per heavy atom. The number of hydrogen-bond donors (Lipinski definition) is 0. The lowest BCUT2D eigenvalue weighted by Crippen LogP contribution is -1.96. The van der Waals surface area contributed by atoms with Crippen molar-refractivity contribution in [3.63, 3.8) is 0 Å². The minimum atomic E-state index is 0.374. The van der Waals surface area contributed by atoms with Crippen LogP contribution in [0.4, 0.5) is 0 Å². The van der Waals surface area contributed by atoms with Gasteiger partial charge in [-0.2, -0.15) is 0 Å². The molecule has 0 amide bonds. The maximum atomic E-state index is 6.21. The van der Waals surface area contributed by atoms with Crippen LogP contribution in [-0.4, -0.2) is 11.1 Å². The van der Waals surface area contributed by atoms with E-state index in [2.05, 4.69) is 4.98 Å². The molecule has 0 spiro atoms. The lowest BCUT2D eigenvalue weighted by Gasteiger charge is -2.08. The highest BCUT2D eigenvalue weighted by molar-refractivity contribution is 6.32. The number of nitrogens with zero attached hydrogens (tertiary/aromatic N) is 1. The van der Waals surface area contributed by atoms with Crippen LogP contribution in [0.1, 0.15) is 12.8 Å². The van der Waals surface area contributed by atoms with Gasteiger partial charge in [0.25, 0.3) is 0 Å². The van der Waals surface area contributed by atoms with Gasteiger partial charge in [0.15, 0.2) is 0 Å². The normalized spacial score (nSPS) is 14.6. The van der Waals surface area contributed by atoms with Crippen molar-refractivity contribution in [1.82, 2.24) is 4.98 Å². The molecule has 3 rings (SSSR count). The molecule has 1 aliphatic rings. The quantitative estimate of drug-likeness (QED) is 0.817. The zero-order valence-electron chi connectivity index (χ0n) is 9.27. The molecule has 0 N–H and O–H groups in total. The molecule has 0 aliphatic heterocycles. The van der Waals surface area contributed by atoms with Gasteiger partial charge in [-0.25, -0.2) is 0 Å². The maximum Gasteiger partial charge on any atom is 0.138 e. The summed E-state index contributed by atoms with van der Waals surface area (Å²) >= 11 is 6.21. The van der Waals surface area contributed by atoms with E-state index < -0.39 is 0 Å². The van der Waals surface area contributed by atoms with Gasteiger partial charge in [0, 0.05) is 12.4 Å². The van der Waals surface area contributed by atoms with E-state index in [9.17, 15) is 0 Å². The summed E-state index contributed by atoms with van der Waals surface area (Å²) in [6.45, 7) is 0.